The molecule has 0 heterocycles. The Labute approximate surface area is 97.1 Å². The zero-order valence-corrected chi connectivity index (χ0v) is 9.98. The van der Waals surface area contributed by atoms with Crippen LogP contribution in [0.5, 0.6) is 0 Å². The molecule has 1 aromatic rings. The van der Waals surface area contributed by atoms with E-state index >= 15 is 0 Å². The van der Waals surface area contributed by atoms with Crippen molar-refractivity contribution in [3.8, 4) is 0 Å². The maximum Gasteiger partial charge on any atom is 0.0489 e. The van der Waals surface area contributed by atoms with Crippen LogP contribution in [-0.4, -0.2) is 6.04 Å². The highest BCUT2D eigenvalue weighted by atomic mass is 79.9. The molecule has 0 spiro atoms. The molecular formula is C11H11BrClN. The first kappa shape index (κ1) is 10.2. The van der Waals surface area contributed by atoms with Gasteiger partial charge in [0.25, 0.3) is 0 Å². The van der Waals surface area contributed by atoms with Gasteiger partial charge in [-0.1, -0.05) is 45.2 Å². The molecule has 1 saturated carbocycles. The minimum atomic E-state index is 0.357. The van der Waals surface area contributed by atoms with E-state index in [9.17, 15) is 0 Å². The summed E-state index contributed by atoms with van der Waals surface area (Å²) in [5, 5.41) is 0.785. The van der Waals surface area contributed by atoms with Gasteiger partial charge < -0.3 is 5.73 Å². The molecule has 1 fully saturated rings. The maximum atomic E-state index is 6.09. The smallest absolute Gasteiger partial charge is 0.0489 e. The largest absolute Gasteiger partial charge is 0.327 e. The van der Waals surface area contributed by atoms with Gasteiger partial charge in [-0.2, -0.15) is 0 Å². The Hall–Kier alpha value is -0.310. The molecule has 0 radical (unpaired) electrons. The van der Waals surface area contributed by atoms with Crippen molar-refractivity contribution in [3.63, 3.8) is 0 Å². The van der Waals surface area contributed by atoms with E-state index in [0.29, 0.717) is 6.04 Å². The van der Waals surface area contributed by atoms with Crippen LogP contribution in [0, 0.1) is 0 Å². The average molecular weight is 273 g/mol. The maximum absolute atomic E-state index is 6.09. The zero-order chi connectivity index (χ0) is 10.1. The predicted molar refractivity (Wildman–Crippen MR) is 64.3 cm³/mol. The molecule has 2 rings (SSSR count). The second-order valence-corrected chi connectivity index (χ2v) is 4.96. The highest BCUT2D eigenvalue weighted by Gasteiger charge is 2.18. The highest BCUT2D eigenvalue weighted by molar-refractivity contribution is 9.10. The SMILES string of the molecule is NC1CC(=Cc2ccc(Br)cc2Cl)C1. The first-order chi connectivity index (χ1) is 6.65. The molecule has 1 aliphatic rings. The Balaban J connectivity index is 2.21. The van der Waals surface area contributed by atoms with Crippen molar-refractivity contribution in [2.24, 2.45) is 5.73 Å². The first-order valence-electron chi connectivity index (χ1n) is 4.55. The molecule has 0 bridgehead atoms. The number of hydrogen-bond acceptors (Lipinski definition) is 1. The monoisotopic (exact) mass is 271 g/mol. The summed E-state index contributed by atoms with van der Waals surface area (Å²) in [6, 6.07) is 6.28. The Morgan fingerprint density at radius 1 is 1.43 bits per heavy atom. The van der Waals surface area contributed by atoms with Crippen LogP contribution in [0.1, 0.15) is 18.4 Å². The molecule has 0 unspecified atom stereocenters. The standard InChI is InChI=1S/C11H11BrClN/c12-9-2-1-8(11(13)6-9)3-7-4-10(14)5-7/h1-3,6,10H,4-5,14H2. The fourth-order valence-electron chi connectivity index (χ4n) is 1.57. The van der Waals surface area contributed by atoms with Crippen LogP contribution >= 0.6 is 27.5 Å². The summed E-state index contributed by atoms with van der Waals surface area (Å²) in [6.45, 7) is 0. The van der Waals surface area contributed by atoms with Crippen LogP contribution in [0.15, 0.2) is 28.2 Å². The van der Waals surface area contributed by atoms with Crippen molar-refractivity contribution >= 4 is 33.6 Å². The summed E-state index contributed by atoms with van der Waals surface area (Å²) in [7, 11) is 0. The third-order valence-corrected chi connectivity index (χ3v) is 3.19. The molecular weight excluding hydrogens is 261 g/mol. The van der Waals surface area contributed by atoms with Crippen LogP contribution in [0.2, 0.25) is 5.02 Å². The first-order valence-corrected chi connectivity index (χ1v) is 5.72. The minimum Gasteiger partial charge on any atom is -0.327 e. The van der Waals surface area contributed by atoms with Crippen LogP contribution in [0.25, 0.3) is 6.08 Å². The van der Waals surface area contributed by atoms with Gasteiger partial charge in [0.1, 0.15) is 0 Å². The zero-order valence-electron chi connectivity index (χ0n) is 7.63. The molecule has 1 aliphatic carbocycles. The van der Waals surface area contributed by atoms with E-state index in [1.54, 1.807) is 0 Å². The fourth-order valence-corrected chi connectivity index (χ4v) is 2.30. The molecule has 0 aromatic heterocycles. The summed E-state index contributed by atoms with van der Waals surface area (Å²) >= 11 is 9.46. The number of nitrogens with two attached hydrogens (primary N) is 1. The van der Waals surface area contributed by atoms with Crippen LogP contribution in [0.3, 0.4) is 0 Å². The molecule has 1 aromatic carbocycles. The molecule has 0 saturated heterocycles. The van der Waals surface area contributed by atoms with Gasteiger partial charge in [-0.15, -0.1) is 0 Å². The lowest BCUT2D eigenvalue weighted by molar-refractivity contribution is 0.547. The Morgan fingerprint density at radius 3 is 2.71 bits per heavy atom. The summed E-state index contributed by atoms with van der Waals surface area (Å²) < 4.78 is 1.01. The highest BCUT2D eigenvalue weighted by Crippen LogP contribution is 2.30. The van der Waals surface area contributed by atoms with Crippen molar-refractivity contribution < 1.29 is 0 Å². The summed E-state index contributed by atoms with van der Waals surface area (Å²) in [6.07, 6.45) is 4.15. The van der Waals surface area contributed by atoms with Gasteiger partial charge in [0.05, 0.1) is 0 Å². The van der Waals surface area contributed by atoms with Crippen molar-refractivity contribution in [2.45, 2.75) is 18.9 Å². The second-order valence-electron chi connectivity index (χ2n) is 3.64. The van der Waals surface area contributed by atoms with Gasteiger partial charge in [0.15, 0.2) is 0 Å². The Bertz CT molecular complexity index is 379. The van der Waals surface area contributed by atoms with Crippen LogP contribution in [-0.2, 0) is 0 Å². The van der Waals surface area contributed by atoms with Crippen molar-refractivity contribution in [1.82, 2.24) is 0 Å². The number of hydrogen-bond donors (Lipinski definition) is 1. The summed E-state index contributed by atoms with van der Waals surface area (Å²) in [5.41, 5.74) is 8.17. The normalized spacial score (nSPS) is 20.5. The lowest BCUT2D eigenvalue weighted by Crippen LogP contribution is -2.29. The van der Waals surface area contributed by atoms with E-state index in [2.05, 4.69) is 22.0 Å². The second kappa shape index (κ2) is 4.05. The van der Waals surface area contributed by atoms with Crippen molar-refractivity contribution in [3.05, 3.63) is 38.8 Å². The quantitative estimate of drug-likeness (QED) is 0.830. The van der Waals surface area contributed by atoms with E-state index in [-0.39, 0.29) is 0 Å². The minimum absolute atomic E-state index is 0.357. The van der Waals surface area contributed by atoms with Crippen LogP contribution < -0.4 is 5.73 Å². The number of rotatable bonds is 1. The molecule has 1 nitrogen and oxygen atoms in total. The summed E-state index contributed by atoms with van der Waals surface area (Å²) in [5.74, 6) is 0. The van der Waals surface area contributed by atoms with Gasteiger partial charge in [0, 0.05) is 15.5 Å². The lowest BCUT2D eigenvalue weighted by Gasteiger charge is -2.25. The summed E-state index contributed by atoms with van der Waals surface area (Å²) in [4.78, 5) is 0. The lowest BCUT2D eigenvalue weighted by atomic mass is 9.86. The molecule has 14 heavy (non-hydrogen) atoms. The molecule has 0 amide bonds. The van der Waals surface area contributed by atoms with Gasteiger partial charge in [-0.25, -0.2) is 0 Å². The Kier molecular flexibility index (Phi) is 2.96. The Morgan fingerprint density at radius 2 is 2.14 bits per heavy atom. The van der Waals surface area contributed by atoms with E-state index in [0.717, 1.165) is 27.9 Å². The van der Waals surface area contributed by atoms with E-state index in [1.807, 2.05) is 18.2 Å². The van der Waals surface area contributed by atoms with Crippen LogP contribution in [0.4, 0.5) is 0 Å². The fraction of sp³-hybridized carbons (Fsp3) is 0.273. The molecule has 2 N–H and O–H groups in total. The average Bonchev–Trinajstić information content (AvgIpc) is 2.06. The third-order valence-electron chi connectivity index (χ3n) is 2.37. The van der Waals surface area contributed by atoms with E-state index < -0.39 is 0 Å². The van der Waals surface area contributed by atoms with Gasteiger partial charge >= 0.3 is 0 Å². The number of halogens is 2. The van der Waals surface area contributed by atoms with Crippen molar-refractivity contribution in [1.29, 1.82) is 0 Å². The van der Waals surface area contributed by atoms with Gasteiger partial charge in [0.2, 0.25) is 0 Å². The van der Waals surface area contributed by atoms with Gasteiger partial charge in [-0.05, 0) is 30.5 Å². The molecule has 3 heteroatoms. The van der Waals surface area contributed by atoms with E-state index in [1.165, 1.54) is 5.57 Å². The molecule has 74 valence electrons. The molecule has 0 atom stereocenters. The van der Waals surface area contributed by atoms with Gasteiger partial charge in [-0.3, -0.25) is 0 Å². The predicted octanol–water partition coefficient (Wildman–Crippen LogP) is 3.61. The molecule has 0 aliphatic heterocycles. The topological polar surface area (TPSA) is 26.0 Å². The third kappa shape index (κ3) is 2.19. The number of benzene rings is 1. The van der Waals surface area contributed by atoms with Crippen molar-refractivity contribution in [2.75, 3.05) is 0 Å². The van der Waals surface area contributed by atoms with E-state index in [4.69, 9.17) is 17.3 Å².